The van der Waals surface area contributed by atoms with Crippen molar-refractivity contribution in [3.05, 3.63) is 35.5 Å². The van der Waals surface area contributed by atoms with Gasteiger partial charge in [0.05, 0.1) is 0 Å². The summed E-state index contributed by atoms with van der Waals surface area (Å²) in [4.78, 5) is 20.6. The molecule has 1 aromatic carbocycles. The van der Waals surface area contributed by atoms with Crippen molar-refractivity contribution in [1.29, 1.82) is 0 Å². The van der Waals surface area contributed by atoms with Gasteiger partial charge < -0.3 is 14.7 Å². The van der Waals surface area contributed by atoms with E-state index < -0.39 is 11.5 Å². The number of cyclic esters (lactones) is 2. The molecule has 0 bridgehead atoms. The number of quaternary nitrogens is 1. The van der Waals surface area contributed by atoms with E-state index in [1.807, 2.05) is 6.07 Å². The van der Waals surface area contributed by atoms with Crippen LogP contribution in [0.1, 0.15) is 19.3 Å². The first-order valence-electron chi connectivity index (χ1n) is 6.47. The molecule has 1 N–H and O–H groups in total. The van der Waals surface area contributed by atoms with Gasteiger partial charge in [-0.05, 0) is 36.8 Å². The summed E-state index contributed by atoms with van der Waals surface area (Å²) in [5.74, 6) is 0.451. The molecule has 1 aliphatic heterocycles. The molecule has 2 rings (SSSR count). The molecule has 1 aliphatic rings. The quantitative estimate of drug-likeness (QED) is 0.435. The predicted octanol–water partition coefficient (Wildman–Crippen LogP) is 1.00. The molecule has 7 heteroatoms. The Labute approximate surface area is 116 Å². The average molecular weight is 283 g/mol. The van der Waals surface area contributed by atoms with Gasteiger partial charge in [0.25, 0.3) is 0 Å². The molecular weight excluding hydrogens is 266 g/mol. The van der Waals surface area contributed by atoms with E-state index in [9.17, 15) is 10.0 Å². The van der Waals surface area contributed by atoms with Gasteiger partial charge in [0.1, 0.15) is 19.3 Å². The molecule has 0 amide bonds. The van der Waals surface area contributed by atoms with Crippen LogP contribution in [0.25, 0.3) is 0 Å². The zero-order valence-corrected chi connectivity index (χ0v) is 10.9. The summed E-state index contributed by atoms with van der Waals surface area (Å²) in [5, 5.41) is 10.6. The Morgan fingerprint density at radius 1 is 1.30 bits per heavy atom. The number of rotatable bonds is 8. The van der Waals surface area contributed by atoms with Crippen LogP contribution in [0.3, 0.4) is 0 Å². The predicted molar refractivity (Wildman–Crippen MR) is 67.4 cm³/mol. The van der Waals surface area contributed by atoms with Crippen molar-refractivity contribution in [3.63, 3.8) is 0 Å². The van der Waals surface area contributed by atoms with Gasteiger partial charge in [-0.3, -0.25) is 4.84 Å². The lowest BCUT2D eigenvalue weighted by Gasteiger charge is -2.17. The lowest BCUT2D eigenvalue weighted by molar-refractivity contribution is -1.18. The molecule has 110 valence electrons. The third kappa shape index (κ3) is 5.04. The number of carbonyl (C=O) groups excluding carboxylic acids is 1. The van der Waals surface area contributed by atoms with Crippen molar-refractivity contribution in [2.45, 2.75) is 25.4 Å². The maximum Gasteiger partial charge on any atom is 0.508 e. The van der Waals surface area contributed by atoms with Crippen LogP contribution in [0.5, 0.6) is 5.75 Å². The molecule has 7 nitrogen and oxygen atoms in total. The van der Waals surface area contributed by atoms with Gasteiger partial charge in [-0.2, -0.15) is 4.84 Å². The molecule has 0 radical (unpaired) electrons. The van der Waals surface area contributed by atoms with E-state index in [4.69, 9.17) is 14.4 Å². The summed E-state index contributed by atoms with van der Waals surface area (Å²) in [5.41, 5.74) is 0. The molecule has 0 aliphatic carbocycles. The first-order valence-corrected chi connectivity index (χ1v) is 6.47. The third-order valence-electron chi connectivity index (χ3n) is 2.73. The van der Waals surface area contributed by atoms with Crippen molar-refractivity contribution in [3.8, 4) is 5.75 Å². The topological polar surface area (TPSA) is 81.5 Å². The van der Waals surface area contributed by atoms with E-state index in [2.05, 4.69) is 4.74 Å². The van der Waals surface area contributed by atoms with Crippen molar-refractivity contribution >= 4 is 6.16 Å². The van der Waals surface area contributed by atoms with Crippen LogP contribution >= 0.6 is 0 Å². The number of hydrogen-bond acceptors (Lipinski definition) is 6. The normalized spacial score (nSPS) is 19.2. The molecule has 2 unspecified atom stereocenters. The highest BCUT2D eigenvalue weighted by molar-refractivity contribution is 5.61. The van der Waals surface area contributed by atoms with Crippen LogP contribution in [-0.4, -0.2) is 25.5 Å². The fourth-order valence-electron chi connectivity index (χ4n) is 1.75. The second kappa shape index (κ2) is 7.68. The maximum absolute atomic E-state index is 11.3. The Balaban J connectivity index is 1.51. The van der Waals surface area contributed by atoms with Gasteiger partial charge in [0.15, 0.2) is 5.75 Å². The van der Waals surface area contributed by atoms with Crippen molar-refractivity contribution in [2.75, 3.05) is 13.2 Å². The highest BCUT2D eigenvalue weighted by Crippen LogP contribution is 2.12. The molecule has 0 aromatic heterocycles. The highest BCUT2D eigenvalue weighted by atomic mass is 17.1. The smallest absolute Gasteiger partial charge is 0.508 e. The number of hydrogen-bond donors (Lipinski definition) is 1. The van der Waals surface area contributed by atoms with Gasteiger partial charge >= 0.3 is 6.16 Å². The molecule has 1 aromatic rings. The monoisotopic (exact) mass is 283 g/mol. The molecule has 0 saturated carbocycles. The van der Waals surface area contributed by atoms with Crippen LogP contribution in [0.4, 0.5) is 4.79 Å². The Bertz CT molecular complexity index is 413. The largest absolute Gasteiger partial charge is 0.556 e. The summed E-state index contributed by atoms with van der Waals surface area (Å²) in [7, 11) is 0. The molecule has 20 heavy (non-hydrogen) atoms. The lowest BCUT2D eigenvalue weighted by Crippen LogP contribution is -3.08. The molecule has 1 saturated heterocycles. The van der Waals surface area contributed by atoms with Crippen LogP contribution in [0, 0.1) is 5.21 Å². The van der Waals surface area contributed by atoms with Gasteiger partial charge in [0, 0.05) is 0 Å². The molecular formula is C13H17NO6. The van der Waals surface area contributed by atoms with Crippen LogP contribution in [0.15, 0.2) is 30.3 Å². The minimum absolute atomic E-state index is 0.182. The van der Waals surface area contributed by atoms with Crippen LogP contribution in [0.2, 0.25) is 0 Å². The first-order chi connectivity index (χ1) is 9.74. The Morgan fingerprint density at radius 2 is 2.10 bits per heavy atom. The SMILES string of the molecule is O=C1OCC(CCCCO[NH+]([O-])Oc2ccccc2)O1. The van der Waals surface area contributed by atoms with E-state index in [1.54, 1.807) is 24.3 Å². The minimum Gasteiger partial charge on any atom is -0.556 e. The second-order valence-electron chi connectivity index (χ2n) is 4.31. The number of unbranched alkanes of at least 4 members (excludes halogenated alkanes) is 1. The van der Waals surface area contributed by atoms with E-state index >= 15 is 0 Å². The minimum atomic E-state index is -0.716. The highest BCUT2D eigenvalue weighted by Gasteiger charge is 2.24. The molecule has 1 heterocycles. The summed E-state index contributed by atoms with van der Waals surface area (Å²) in [6.07, 6.45) is 1.36. The Kier molecular flexibility index (Phi) is 5.60. The molecule has 1 fully saturated rings. The fourth-order valence-corrected chi connectivity index (χ4v) is 1.75. The van der Waals surface area contributed by atoms with Crippen molar-refractivity contribution in [1.82, 2.24) is 0 Å². The van der Waals surface area contributed by atoms with Gasteiger partial charge in [0.2, 0.25) is 0 Å². The maximum atomic E-state index is 11.3. The zero-order chi connectivity index (χ0) is 14.2. The number of ether oxygens (including phenoxy) is 2. The van der Waals surface area contributed by atoms with Crippen molar-refractivity contribution < 1.29 is 29.3 Å². The average Bonchev–Trinajstić information content (AvgIpc) is 2.85. The standard InChI is InChI=1S/C13H17NO6/c15-13-17-10-12(19-13)8-4-5-9-18-14(16)20-11-6-2-1-3-7-11/h1-3,6-7,12,14H,4-5,8-10H2. The summed E-state index contributed by atoms with van der Waals surface area (Å²) in [6, 6.07) is 8.73. The molecule has 2 atom stereocenters. The lowest BCUT2D eigenvalue weighted by atomic mass is 10.2. The van der Waals surface area contributed by atoms with E-state index in [1.165, 1.54) is 0 Å². The van der Waals surface area contributed by atoms with E-state index in [0.717, 1.165) is 6.42 Å². The second-order valence-corrected chi connectivity index (χ2v) is 4.31. The van der Waals surface area contributed by atoms with E-state index in [-0.39, 0.29) is 12.7 Å². The van der Waals surface area contributed by atoms with Gasteiger partial charge in [-0.15, -0.1) is 0 Å². The third-order valence-corrected chi connectivity index (χ3v) is 2.73. The number of para-hydroxylation sites is 1. The number of carbonyl (C=O) groups is 1. The van der Waals surface area contributed by atoms with E-state index in [0.29, 0.717) is 25.2 Å². The summed E-state index contributed by atoms with van der Waals surface area (Å²) < 4.78 is 9.53. The zero-order valence-electron chi connectivity index (χ0n) is 10.9. The first kappa shape index (κ1) is 14.6. The molecule has 0 spiro atoms. The Hall–Kier alpha value is -1.83. The number of benzene rings is 1. The number of nitrogens with one attached hydrogen (secondary N) is 1. The van der Waals surface area contributed by atoms with Gasteiger partial charge in [-0.25, -0.2) is 4.79 Å². The van der Waals surface area contributed by atoms with Crippen molar-refractivity contribution in [2.24, 2.45) is 0 Å². The van der Waals surface area contributed by atoms with Gasteiger partial charge in [-0.1, -0.05) is 18.2 Å². The van der Waals surface area contributed by atoms with Crippen LogP contribution < -0.4 is 10.2 Å². The summed E-state index contributed by atoms with van der Waals surface area (Å²) >= 11 is 0. The summed E-state index contributed by atoms with van der Waals surface area (Å²) in [6.45, 7) is 0.572. The fraction of sp³-hybridized carbons (Fsp3) is 0.462. The van der Waals surface area contributed by atoms with Crippen LogP contribution in [-0.2, 0) is 14.3 Å². The Morgan fingerprint density at radius 3 is 2.80 bits per heavy atom.